The van der Waals surface area contributed by atoms with Crippen molar-refractivity contribution in [2.24, 2.45) is 5.73 Å². The van der Waals surface area contributed by atoms with Crippen molar-refractivity contribution in [3.63, 3.8) is 0 Å². The van der Waals surface area contributed by atoms with Crippen molar-refractivity contribution in [2.75, 3.05) is 19.7 Å². The first-order valence-electron chi connectivity index (χ1n) is 8.48. The molecule has 1 saturated heterocycles. The van der Waals surface area contributed by atoms with Crippen molar-refractivity contribution < 1.29 is 18.7 Å². The van der Waals surface area contributed by atoms with Crippen molar-refractivity contribution in [1.29, 1.82) is 0 Å². The summed E-state index contributed by atoms with van der Waals surface area (Å²) < 4.78 is 20.5. The molecule has 142 valence electrons. The molecule has 2 heterocycles. The zero-order valence-electron chi connectivity index (χ0n) is 14.9. The molecule has 1 aliphatic rings. The smallest absolute Gasteiger partial charge is 0.263 e. The van der Waals surface area contributed by atoms with E-state index in [9.17, 15) is 18.8 Å². The topological polar surface area (TPSA) is 94.6 Å². The second kappa shape index (κ2) is 7.32. The first-order valence-corrected chi connectivity index (χ1v) is 8.48. The number of nitrogens with two attached hydrogens (primary N) is 1. The van der Waals surface area contributed by atoms with Gasteiger partial charge in [-0.3, -0.25) is 14.4 Å². The number of hydrogen-bond donors (Lipinski definition) is 1. The number of amides is 2. The second-order valence-electron chi connectivity index (χ2n) is 6.62. The van der Waals surface area contributed by atoms with Gasteiger partial charge in [-0.2, -0.15) is 0 Å². The Labute approximate surface area is 155 Å². The van der Waals surface area contributed by atoms with Gasteiger partial charge < -0.3 is 19.9 Å². The summed E-state index contributed by atoms with van der Waals surface area (Å²) in [5, 5.41) is 0. The van der Waals surface area contributed by atoms with E-state index in [0.29, 0.717) is 5.56 Å². The predicted octanol–water partition coefficient (Wildman–Crippen LogP) is 0.752. The van der Waals surface area contributed by atoms with Crippen LogP contribution in [0.2, 0.25) is 0 Å². The van der Waals surface area contributed by atoms with Crippen LogP contribution in [-0.2, 0) is 16.1 Å². The van der Waals surface area contributed by atoms with Crippen LogP contribution in [0.15, 0.2) is 47.4 Å². The van der Waals surface area contributed by atoms with E-state index in [4.69, 9.17) is 10.5 Å². The number of hydrogen-bond acceptors (Lipinski definition) is 4. The number of pyridine rings is 1. The van der Waals surface area contributed by atoms with Gasteiger partial charge in [-0.1, -0.05) is 18.2 Å². The number of aromatic nitrogens is 1. The molecular weight excluding hydrogens is 353 g/mol. The molecule has 27 heavy (non-hydrogen) atoms. The molecule has 1 aliphatic heterocycles. The van der Waals surface area contributed by atoms with Crippen molar-refractivity contribution in [3.8, 4) is 0 Å². The lowest BCUT2D eigenvalue weighted by atomic mass is 10.0. The van der Waals surface area contributed by atoms with Gasteiger partial charge in [0.05, 0.1) is 19.7 Å². The van der Waals surface area contributed by atoms with Crippen molar-refractivity contribution in [3.05, 3.63) is 69.9 Å². The molecule has 1 atom stereocenters. The molecule has 0 spiro atoms. The highest BCUT2D eigenvalue weighted by Crippen LogP contribution is 2.18. The lowest BCUT2D eigenvalue weighted by Crippen LogP contribution is -2.58. The summed E-state index contributed by atoms with van der Waals surface area (Å²) in [6.07, 6.45) is 1.50. The molecule has 7 nitrogen and oxygen atoms in total. The number of carbonyl (C=O) groups is 2. The van der Waals surface area contributed by atoms with Gasteiger partial charge in [0.25, 0.3) is 17.4 Å². The van der Waals surface area contributed by atoms with E-state index in [1.165, 1.54) is 34.7 Å². The van der Waals surface area contributed by atoms with Gasteiger partial charge in [0.15, 0.2) is 5.60 Å². The first kappa shape index (κ1) is 18.8. The monoisotopic (exact) mass is 373 g/mol. The Bertz CT molecular complexity index is 943. The van der Waals surface area contributed by atoms with Crippen molar-refractivity contribution in [2.45, 2.75) is 19.1 Å². The Morgan fingerprint density at radius 2 is 2.00 bits per heavy atom. The number of ether oxygens (including phenoxy) is 1. The minimum absolute atomic E-state index is 0.00867. The molecule has 3 rings (SSSR count). The normalized spacial score (nSPS) is 19.7. The van der Waals surface area contributed by atoms with Crippen LogP contribution in [0.5, 0.6) is 0 Å². The van der Waals surface area contributed by atoms with Gasteiger partial charge in [0.2, 0.25) is 0 Å². The molecule has 2 amide bonds. The Morgan fingerprint density at radius 3 is 2.70 bits per heavy atom. The maximum absolute atomic E-state index is 13.9. The van der Waals surface area contributed by atoms with Crippen LogP contribution >= 0.6 is 0 Å². The SMILES string of the molecule is C[C@@]1(C(N)=O)CN(C(=O)c2cccn(Cc3ccccc3F)c2=O)CCO1. The number of rotatable bonds is 4. The van der Waals surface area contributed by atoms with E-state index in [0.717, 1.165) is 0 Å². The van der Waals surface area contributed by atoms with Crippen LogP contribution in [-0.4, -0.2) is 46.6 Å². The van der Waals surface area contributed by atoms with E-state index in [1.807, 2.05) is 0 Å². The number of carbonyl (C=O) groups excluding carboxylic acids is 2. The van der Waals surface area contributed by atoms with Gasteiger partial charge in [-0.25, -0.2) is 4.39 Å². The van der Waals surface area contributed by atoms with E-state index in [-0.39, 0.29) is 31.8 Å². The zero-order valence-corrected chi connectivity index (χ0v) is 14.9. The molecule has 8 heteroatoms. The number of halogens is 1. The van der Waals surface area contributed by atoms with Crippen LogP contribution in [0, 0.1) is 5.82 Å². The zero-order chi connectivity index (χ0) is 19.6. The molecule has 2 N–H and O–H groups in total. The largest absolute Gasteiger partial charge is 0.367 e. The van der Waals surface area contributed by atoms with Gasteiger partial charge in [-0.15, -0.1) is 0 Å². The van der Waals surface area contributed by atoms with Gasteiger partial charge in [0, 0.05) is 18.3 Å². The van der Waals surface area contributed by atoms with Crippen LogP contribution in [0.25, 0.3) is 0 Å². The summed E-state index contributed by atoms with van der Waals surface area (Å²) in [6.45, 7) is 1.86. The minimum Gasteiger partial charge on any atom is -0.367 e. The molecule has 0 bridgehead atoms. The summed E-state index contributed by atoms with van der Waals surface area (Å²) in [5.74, 6) is -1.62. The third-order valence-electron chi connectivity index (χ3n) is 4.63. The molecule has 0 aliphatic carbocycles. The van der Waals surface area contributed by atoms with Crippen LogP contribution in [0.3, 0.4) is 0 Å². The van der Waals surface area contributed by atoms with Crippen molar-refractivity contribution in [1.82, 2.24) is 9.47 Å². The fourth-order valence-corrected chi connectivity index (χ4v) is 3.00. The van der Waals surface area contributed by atoms with Crippen LogP contribution in [0.1, 0.15) is 22.8 Å². The third kappa shape index (κ3) is 3.75. The maximum atomic E-state index is 13.9. The van der Waals surface area contributed by atoms with Gasteiger partial charge in [0.1, 0.15) is 11.4 Å². The summed E-state index contributed by atoms with van der Waals surface area (Å²) >= 11 is 0. The van der Waals surface area contributed by atoms with E-state index in [2.05, 4.69) is 0 Å². The fraction of sp³-hybridized carbons (Fsp3) is 0.316. The third-order valence-corrected chi connectivity index (χ3v) is 4.63. The molecule has 1 fully saturated rings. The number of primary amides is 1. The van der Waals surface area contributed by atoms with E-state index < -0.39 is 28.8 Å². The highest BCUT2D eigenvalue weighted by Gasteiger charge is 2.39. The Kier molecular flexibility index (Phi) is 5.09. The molecule has 0 saturated carbocycles. The quantitative estimate of drug-likeness (QED) is 0.856. The highest BCUT2D eigenvalue weighted by molar-refractivity contribution is 5.94. The molecule has 1 aromatic heterocycles. The van der Waals surface area contributed by atoms with Gasteiger partial charge >= 0.3 is 0 Å². The van der Waals surface area contributed by atoms with Gasteiger partial charge in [-0.05, 0) is 25.1 Å². The fourth-order valence-electron chi connectivity index (χ4n) is 3.00. The Hall–Kier alpha value is -3.00. The molecule has 2 aromatic rings. The summed E-state index contributed by atoms with van der Waals surface area (Å²) in [5.41, 5.74) is 3.82. The summed E-state index contributed by atoms with van der Waals surface area (Å²) in [7, 11) is 0. The average Bonchev–Trinajstić information content (AvgIpc) is 2.64. The lowest BCUT2D eigenvalue weighted by molar-refractivity contribution is -0.150. The Morgan fingerprint density at radius 1 is 1.26 bits per heavy atom. The number of benzene rings is 1. The first-order chi connectivity index (χ1) is 12.8. The van der Waals surface area contributed by atoms with Crippen LogP contribution in [0.4, 0.5) is 4.39 Å². The summed E-state index contributed by atoms with van der Waals surface area (Å²) in [4.78, 5) is 38.5. The predicted molar refractivity (Wildman–Crippen MR) is 95.7 cm³/mol. The highest BCUT2D eigenvalue weighted by atomic mass is 19.1. The second-order valence-corrected chi connectivity index (χ2v) is 6.62. The Balaban J connectivity index is 1.87. The van der Waals surface area contributed by atoms with Crippen LogP contribution < -0.4 is 11.3 Å². The standard InChI is InChI=1S/C19H20FN3O4/c1-19(18(21)26)12-23(9-10-27-19)17(25)14-6-4-8-22(16(14)24)11-13-5-2-3-7-15(13)20/h2-8H,9-12H2,1H3,(H2,21,26)/t19-/m0/s1. The molecule has 0 unspecified atom stereocenters. The summed E-state index contributed by atoms with van der Waals surface area (Å²) in [6, 6.07) is 9.11. The molecule has 1 aromatic carbocycles. The lowest BCUT2D eigenvalue weighted by Gasteiger charge is -2.38. The van der Waals surface area contributed by atoms with E-state index >= 15 is 0 Å². The molecule has 0 radical (unpaired) electrons. The average molecular weight is 373 g/mol. The number of nitrogens with zero attached hydrogens (tertiary/aromatic N) is 2. The molecular formula is C19H20FN3O4. The maximum Gasteiger partial charge on any atom is 0.263 e. The van der Waals surface area contributed by atoms with E-state index in [1.54, 1.807) is 24.3 Å². The number of morpholine rings is 1. The minimum atomic E-state index is -1.30. The van der Waals surface area contributed by atoms with Crippen molar-refractivity contribution >= 4 is 11.8 Å².